The molecule has 8 nitrogen and oxygen atoms in total. The molecule has 5 N–H and O–H groups in total. The van der Waals surface area contributed by atoms with Crippen molar-refractivity contribution in [2.75, 3.05) is 6.54 Å². The predicted octanol–water partition coefficient (Wildman–Crippen LogP) is 1.76. The number of nitrogens with two attached hydrogens (primary N) is 1. The fourth-order valence-electron chi connectivity index (χ4n) is 2.83. The first-order valence-electron chi connectivity index (χ1n) is 10.0. The van der Waals surface area contributed by atoms with Crippen LogP contribution in [0.1, 0.15) is 67.8 Å². The fourth-order valence-corrected chi connectivity index (χ4v) is 2.83. The molecule has 1 rings (SSSR count). The molecule has 0 aromatic heterocycles. The third kappa shape index (κ3) is 10.3. The van der Waals surface area contributed by atoms with Crippen LogP contribution >= 0.6 is 0 Å². The van der Waals surface area contributed by atoms with Gasteiger partial charge in [0.05, 0.1) is 12.0 Å². The van der Waals surface area contributed by atoms with Gasteiger partial charge in [0, 0.05) is 13.0 Å². The Morgan fingerprint density at radius 3 is 2.28 bits per heavy atom. The van der Waals surface area contributed by atoms with Crippen LogP contribution in [0.5, 0.6) is 0 Å². The molecular formula is C21H31N3O5. The van der Waals surface area contributed by atoms with E-state index in [-0.39, 0.29) is 24.4 Å². The summed E-state index contributed by atoms with van der Waals surface area (Å²) in [6, 6.07) is 5.35. The number of carboxylic acids is 1. The second-order valence-corrected chi connectivity index (χ2v) is 7.00. The van der Waals surface area contributed by atoms with Gasteiger partial charge in [-0.05, 0) is 30.5 Å². The van der Waals surface area contributed by atoms with Crippen molar-refractivity contribution in [3.05, 3.63) is 35.4 Å². The Kier molecular flexibility index (Phi) is 11.1. The van der Waals surface area contributed by atoms with Gasteiger partial charge in [-0.2, -0.15) is 0 Å². The molecule has 160 valence electrons. The number of amides is 3. The topological polar surface area (TPSA) is 139 Å². The van der Waals surface area contributed by atoms with Gasteiger partial charge in [0.25, 0.3) is 0 Å². The van der Waals surface area contributed by atoms with Gasteiger partial charge in [0.1, 0.15) is 6.04 Å². The number of carbonyl (C=O) groups is 4. The SMILES string of the molecule is CCCCCCCC(=O)N[C@H](CC(N)=O)C(=O)NCCc1ccc(C(=O)O)cc1. The monoisotopic (exact) mass is 405 g/mol. The molecule has 0 saturated carbocycles. The molecule has 0 spiro atoms. The van der Waals surface area contributed by atoms with Crippen LogP contribution < -0.4 is 16.4 Å². The van der Waals surface area contributed by atoms with Crippen molar-refractivity contribution >= 4 is 23.7 Å². The third-order valence-corrected chi connectivity index (χ3v) is 4.48. The van der Waals surface area contributed by atoms with Crippen molar-refractivity contribution in [3.63, 3.8) is 0 Å². The third-order valence-electron chi connectivity index (χ3n) is 4.48. The second-order valence-electron chi connectivity index (χ2n) is 7.00. The number of benzene rings is 1. The van der Waals surface area contributed by atoms with Gasteiger partial charge in [-0.1, -0.05) is 44.7 Å². The summed E-state index contributed by atoms with van der Waals surface area (Å²) in [6.45, 7) is 2.40. The molecule has 0 fully saturated rings. The molecule has 0 aliphatic rings. The summed E-state index contributed by atoms with van der Waals surface area (Å²) in [7, 11) is 0. The molecule has 0 radical (unpaired) electrons. The van der Waals surface area contributed by atoms with Crippen LogP contribution in [0.2, 0.25) is 0 Å². The summed E-state index contributed by atoms with van der Waals surface area (Å²) in [5, 5.41) is 14.2. The standard InChI is InChI=1S/C21H31N3O5/c1-2-3-4-5-6-7-19(26)24-17(14-18(22)25)20(27)23-13-12-15-8-10-16(11-9-15)21(28)29/h8-11,17H,2-7,12-14H2,1H3,(H2,22,25)(H,23,27)(H,24,26)(H,28,29)/t17-/m1/s1. The molecule has 1 aromatic carbocycles. The van der Waals surface area contributed by atoms with Crippen molar-refractivity contribution < 1.29 is 24.3 Å². The van der Waals surface area contributed by atoms with Crippen LogP contribution in [0.3, 0.4) is 0 Å². The molecule has 0 heterocycles. The zero-order valence-corrected chi connectivity index (χ0v) is 16.9. The first kappa shape index (κ1) is 24.1. The maximum atomic E-state index is 12.4. The minimum atomic E-state index is -1.000. The zero-order chi connectivity index (χ0) is 21.6. The molecule has 0 saturated heterocycles. The van der Waals surface area contributed by atoms with Crippen LogP contribution in [0.4, 0.5) is 0 Å². The van der Waals surface area contributed by atoms with Crippen LogP contribution in [0, 0.1) is 0 Å². The number of carboxylic acid groups (broad SMARTS) is 1. The number of rotatable bonds is 14. The molecular weight excluding hydrogens is 374 g/mol. The minimum Gasteiger partial charge on any atom is -0.478 e. The lowest BCUT2D eigenvalue weighted by molar-refractivity contribution is -0.131. The van der Waals surface area contributed by atoms with Crippen molar-refractivity contribution in [3.8, 4) is 0 Å². The minimum absolute atomic E-state index is 0.191. The van der Waals surface area contributed by atoms with Gasteiger partial charge in [0.15, 0.2) is 0 Å². The molecule has 0 aliphatic carbocycles. The van der Waals surface area contributed by atoms with Crippen LogP contribution in [0.15, 0.2) is 24.3 Å². The van der Waals surface area contributed by atoms with Gasteiger partial charge >= 0.3 is 5.97 Å². The zero-order valence-electron chi connectivity index (χ0n) is 16.9. The number of hydrogen-bond donors (Lipinski definition) is 4. The number of aromatic carboxylic acids is 1. The van der Waals surface area contributed by atoms with Crippen LogP contribution in [-0.4, -0.2) is 41.4 Å². The molecule has 3 amide bonds. The van der Waals surface area contributed by atoms with E-state index in [2.05, 4.69) is 17.6 Å². The first-order chi connectivity index (χ1) is 13.8. The molecule has 0 unspecified atom stereocenters. The lowest BCUT2D eigenvalue weighted by Gasteiger charge is -2.17. The summed E-state index contributed by atoms with van der Waals surface area (Å²) < 4.78 is 0. The highest BCUT2D eigenvalue weighted by Crippen LogP contribution is 2.06. The summed E-state index contributed by atoms with van der Waals surface area (Å²) in [4.78, 5) is 46.5. The number of hydrogen-bond acceptors (Lipinski definition) is 4. The summed E-state index contributed by atoms with van der Waals surface area (Å²) in [5.74, 6) is -2.41. The van der Waals surface area contributed by atoms with E-state index in [1.807, 2.05) is 0 Å². The van der Waals surface area contributed by atoms with Crippen molar-refractivity contribution in [1.29, 1.82) is 0 Å². The van der Waals surface area contributed by atoms with E-state index in [9.17, 15) is 19.2 Å². The fraction of sp³-hybridized carbons (Fsp3) is 0.524. The number of nitrogens with one attached hydrogen (secondary N) is 2. The quantitative estimate of drug-likeness (QED) is 0.349. The molecule has 1 aromatic rings. The maximum Gasteiger partial charge on any atom is 0.335 e. The maximum absolute atomic E-state index is 12.4. The van der Waals surface area contributed by atoms with E-state index in [4.69, 9.17) is 10.8 Å². The lowest BCUT2D eigenvalue weighted by atomic mass is 10.1. The van der Waals surface area contributed by atoms with E-state index in [0.717, 1.165) is 37.7 Å². The number of unbranched alkanes of at least 4 members (excludes halogenated alkanes) is 4. The molecule has 1 atom stereocenters. The first-order valence-corrected chi connectivity index (χ1v) is 10.0. The summed E-state index contributed by atoms with van der Waals surface area (Å²) >= 11 is 0. The van der Waals surface area contributed by atoms with Crippen molar-refractivity contribution in [2.45, 2.75) is 64.3 Å². The molecule has 8 heteroatoms. The average Bonchev–Trinajstić information content (AvgIpc) is 2.67. The highest BCUT2D eigenvalue weighted by molar-refractivity contribution is 5.91. The predicted molar refractivity (Wildman–Crippen MR) is 109 cm³/mol. The molecule has 0 bridgehead atoms. The van der Waals surface area contributed by atoms with Crippen LogP contribution in [-0.2, 0) is 20.8 Å². The Hall–Kier alpha value is -2.90. The summed E-state index contributed by atoms with van der Waals surface area (Å²) in [6.07, 6.45) is 5.55. The van der Waals surface area contributed by atoms with E-state index in [1.54, 1.807) is 12.1 Å². The highest BCUT2D eigenvalue weighted by Gasteiger charge is 2.22. The Bertz CT molecular complexity index is 688. The van der Waals surface area contributed by atoms with Gasteiger partial charge in [-0.15, -0.1) is 0 Å². The van der Waals surface area contributed by atoms with Crippen LogP contribution in [0.25, 0.3) is 0 Å². The Balaban J connectivity index is 2.46. The van der Waals surface area contributed by atoms with Gasteiger partial charge in [0.2, 0.25) is 17.7 Å². The summed E-state index contributed by atoms with van der Waals surface area (Å²) in [5.41, 5.74) is 6.25. The largest absolute Gasteiger partial charge is 0.478 e. The Labute approximate surface area is 171 Å². The molecule has 29 heavy (non-hydrogen) atoms. The van der Waals surface area contributed by atoms with E-state index in [0.29, 0.717) is 12.8 Å². The lowest BCUT2D eigenvalue weighted by Crippen LogP contribution is -2.48. The van der Waals surface area contributed by atoms with E-state index in [1.165, 1.54) is 12.1 Å². The highest BCUT2D eigenvalue weighted by atomic mass is 16.4. The molecule has 0 aliphatic heterocycles. The van der Waals surface area contributed by atoms with Crippen molar-refractivity contribution in [2.24, 2.45) is 5.73 Å². The smallest absolute Gasteiger partial charge is 0.335 e. The van der Waals surface area contributed by atoms with Gasteiger partial charge in [-0.25, -0.2) is 4.79 Å². The van der Waals surface area contributed by atoms with Gasteiger partial charge in [-0.3, -0.25) is 14.4 Å². The van der Waals surface area contributed by atoms with E-state index >= 15 is 0 Å². The number of carbonyl (C=O) groups excluding carboxylic acids is 3. The normalized spacial score (nSPS) is 11.5. The Morgan fingerprint density at radius 1 is 1.03 bits per heavy atom. The number of primary amides is 1. The van der Waals surface area contributed by atoms with Gasteiger partial charge < -0.3 is 21.5 Å². The second kappa shape index (κ2) is 13.3. The van der Waals surface area contributed by atoms with E-state index < -0.39 is 23.8 Å². The average molecular weight is 405 g/mol. The Morgan fingerprint density at radius 2 is 1.69 bits per heavy atom. The van der Waals surface area contributed by atoms with Crippen molar-refractivity contribution in [1.82, 2.24) is 10.6 Å².